The van der Waals surface area contributed by atoms with E-state index >= 15 is 0 Å². The second kappa shape index (κ2) is 5.65. The van der Waals surface area contributed by atoms with Gasteiger partial charge in [0, 0.05) is 18.8 Å². The molecule has 0 amide bonds. The maximum Gasteiger partial charge on any atom is 0.319 e. The van der Waals surface area contributed by atoms with Crippen LogP contribution in [0.5, 0.6) is 11.9 Å². The van der Waals surface area contributed by atoms with Gasteiger partial charge < -0.3 is 14.8 Å². The Balaban J connectivity index is 1.94. The summed E-state index contributed by atoms with van der Waals surface area (Å²) in [6.07, 6.45) is 4.01. The Hall–Kier alpha value is -1.36. The molecule has 0 radical (unpaired) electrons. The molecule has 1 aromatic rings. The van der Waals surface area contributed by atoms with Crippen molar-refractivity contribution in [3.63, 3.8) is 0 Å². The van der Waals surface area contributed by atoms with Gasteiger partial charge in [0.2, 0.25) is 5.88 Å². The fraction of sp³-hybridized carbons (Fsp3) is 0.636. The minimum atomic E-state index is 0.172. The Bertz CT molecular complexity index is 327. The molecule has 1 N–H and O–H groups in total. The van der Waals surface area contributed by atoms with Crippen LogP contribution in [0.4, 0.5) is 0 Å². The fourth-order valence-corrected chi connectivity index (χ4v) is 1.68. The number of piperidine rings is 1. The van der Waals surface area contributed by atoms with E-state index in [1.165, 1.54) is 0 Å². The van der Waals surface area contributed by atoms with Gasteiger partial charge in [-0.1, -0.05) is 0 Å². The smallest absolute Gasteiger partial charge is 0.319 e. The van der Waals surface area contributed by atoms with Crippen LogP contribution in [-0.4, -0.2) is 35.8 Å². The van der Waals surface area contributed by atoms with E-state index in [9.17, 15) is 0 Å². The number of hydrogen-bond donors (Lipinski definition) is 1. The number of nitrogens with zero attached hydrogens (tertiary/aromatic N) is 2. The quantitative estimate of drug-likeness (QED) is 0.825. The molecule has 0 saturated carbocycles. The lowest BCUT2D eigenvalue weighted by molar-refractivity contribution is 0.151. The van der Waals surface area contributed by atoms with Crippen molar-refractivity contribution in [1.29, 1.82) is 0 Å². The van der Waals surface area contributed by atoms with Gasteiger partial charge in [-0.05, 0) is 26.3 Å². The zero-order valence-corrected chi connectivity index (χ0v) is 9.48. The lowest BCUT2D eigenvalue weighted by Crippen LogP contribution is -2.37. The highest BCUT2D eigenvalue weighted by Crippen LogP contribution is 2.14. The molecule has 1 saturated heterocycles. The van der Waals surface area contributed by atoms with Crippen molar-refractivity contribution in [2.75, 3.05) is 19.7 Å². The van der Waals surface area contributed by atoms with Crippen molar-refractivity contribution in [2.24, 2.45) is 0 Å². The number of aromatic nitrogens is 2. The Morgan fingerprint density at radius 3 is 3.25 bits per heavy atom. The number of rotatable bonds is 4. The third kappa shape index (κ3) is 3.06. The van der Waals surface area contributed by atoms with E-state index in [-0.39, 0.29) is 6.10 Å². The molecule has 1 aliphatic heterocycles. The first-order valence-corrected chi connectivity index (χ1v) is 5.71. The Morgan fingerprint density at radius 1 is 1.56 bits per heavy atom. The molecule has 5 heteroatoms. The SMILES string of the molecule is CCOc1ccnc(O[C@H]2CCCNC2)n1. The third-order valence-electron chi connectivity index (χ3n) is 2.42. The van der Waals surface area contributed by atoms with Crippen LogP contribution in [0.25, 0.3) is 0 Å². The van der Waals surface area contributed by atoms with Gasteiger partial charge in [0.05, 0.1) is 6.61 Å². The highest BCUT2D eigenvalue weighted by atomic mass is 16.5. The van der Waals surface area contributed by atoms with Crippen LogP contribution in [0.3, 0.4) is 0 Å². The predicted molar refractivity (Wildman–Crippen MR) is 59.7 cm³/mol. The summed E-state index contributed by atoms with van der Waals surface area (Å²) in [6, 6.07) is 2.13. The van der Waals surface area contributed by atoms with Crippen LogP contribution in [-0.2, 0) is 0 Å². The van der Waals surface area contributed by atoms with E-state index in [4.69, 9.17) is 9.47 Å². The summed E-state index contributed by atoms with van der Waals surface area (Å²) >= 11 is 0. The molecule has 16 heavy (non-hydrogen) atoms. The lowest BCUT2D eigenvalue weighted by atomic mass is 10.1. The minimum absolute atomic E-state index is 0.172. The van der Waals surface area contributed by atoms with E-state index in [0.29, 0.717) is 18.5 Å². The van der Waals surface area contributed by atoms with Gasteiger partial charge in [-0.2, -0.15) is 4.98 Å². The maximum atomic E-state index is 5.68. The number of ether oxygens (including phenoxy) is 2. The van der Waals surface area contributed by atoms with Gasteiger partial charge in [-0.25, -0.2) is 4.98 Å². The van der Waals surface area contributed by atoms with Gasteiger partial charge >= 0.3 is 6.01 Å². The molecule has 0 aliphatic carbocycles. The number of hydrogen-bond acceptors (Lipinski definition) is 5. The second-order valence-corrected chi connectivity index (χ2v) is 3.70. The minimum Gasteiger partial charge on any atom is -0.478 e. The standard InChI is InChI=1S/C11H17N3O2/c1-2-15-10-5-7-13-11(14-10)16-9-4-3-6-12-8-9/h5,7,9,12H,2-4,6,8H2,1H3/t9-/m0/s1. The molecule has 1 fully saturated rings. The molecule has 0 spiro atoms. The first kappa shape index (κ1) is 11.1. The number of nitrogens with one attached hydrogen (secondary N) is 1. The summed E-state index contributed by atoms with van der Waals surface area (Å²) in [6.45, 7) is 4.46. The molecule has 2 rings (SSSR count). The summed E-state index contributed by atoms with van der Waals surface area (Å²) in [5.74, 6) is 0.566. The molecule has 2 heterocycles. The summed E-state index contributed by atoms with van der Waals surface area (Å²) in [7, 11) is 0. The van der Waals surface area contributed by atoms with Gasteiger partial charge in [-0.3, -0.25) is 0 Å². The zero-order chi connectivity index (χ0) is 11.2. The van der Waals surface area contributed by atoms with E-state index in [1.807, 2.05) is 6.92 Å². The average Bonchev–Trinajstić information content (AvgIpc) is 2.31. The highest BCUT2D eigenvalue weighted by Gasteiger charge is 2.15. The summed E-state index contributed by atoms with van der Waals surface area (Å²) in [4.78, 5) is 8.25. The molecule has 0 bridgehead atoms. The topological polar surface area (TPSA) is 56.3 Å². The first-order valence-electron chi connectivity index (χ1n) is 5.71. The van der Waals surface area contributed by atoms with Crippen LogP contribution in [0, 0.1) is 0 Å². The summed E-state index contributed by atoms with van der Waals surface area (Å²) in [5.41, 5.74) is 0. The van der Waals surface area contributed by atoms with Crippen LogP contribution < -0.4 is 14.8 Å². The molecule has 0 aromatic carbocycles. The fourth-order valence-electron chi connectivity index (χ4n) is 1.68. The Kier molecular flexibility index (Phi) is 3.93. The predicted octanol–water partition coefficient (Wildman–Crippen LogP) is 1.01. The molecule has 88 valence electrons. The van der Waals surface area contributed by atoms with Crippen LogP contribution in [0.2, 0.25) is 0 Å². The van der Waals surface area contributed by atoms with Crippen molar-refractivity contribution >= 4 is 0 Å². The Morgan fingerprint density at radius 2 is 2.50 bits per heavy atom. The van der Waals surface area contributed by atoms with Gasteiger partial charge in [0.25, 0.3) is 0 Å². The first-order chi connectivity index (χ1) is 7.88. The van der Waals surface area contributed by atoms with Crippen molar-refractivity contribution in [1.82, 2.24) is 15.3 Å². The second-order valence-electron chi connectivity index (χ2n) is 3.70. The molecule has 1 atom stereocenters. The van der Waals surface area contributed by atoms with Gasteiger partial charge in [0.1, 0.15) is 6.10 Å². The zero-order valence-electron chi connectivity index (χ0n) is 9.48. The van der Waals surface area contributed by atoms with Crippen molar-refractivity contribution in [3.8, 4) is 11.9 Å². The van der Waals surface area contributed by atoms with Crippen LogP contribution >= 0.6 is 0 Å². The maximum absolute atomic E-state index is 5.68. The van der Waals surface area contributed by atoms with Crippen LogP contribution in [0.1, 0.15) is 19.8 Å². The van der Waals surface area contributed by atoms with E-state index in [0.717, 1.165) is 25.9 Å². The van der Waals surface area contributed by atoms with Gasteiger partial charge in [-0.15, -0.1) is 0 Å². The van der Waals surface area contributed by atoms with Crippen molar-refractivity contribution < 1.29 is 9.47 Å². The summed E-state index contributed by atoms with van der Waals surface area (Å²) in [5, 5.41) is 3.28. The molecular formula is C11H17N3O2. The monoisotopic (exact) mass is 223 g/mol. The molecular weight excluding hydrogens is 206 g/mol. The molecule has 1 aromatic heterocycles. The third-order valence-corrected chi connectivity index (χ3v) is 2.42. The van der Waals surface area contributed by atoms with E-state index in [2.05, 4.69) is 15.3 Å². The largest absolute Gasteiger partial charge is 0.478 e. The average molecular weight is 223 g/mol. The Labute approximate surface area is 95.2 Å². The molecule has 0 unspecified atom stereocenters. The lowest BCUT2D eigenvalue weighted by Gasteiger charge is -2.22. The highest BCUT2D eigenvalue weighted by molar-refractivity contribution is 5.11. The summed E-state index contributed by atoms with van der Waals surface area (Å²) < 4.78 is 11.0. The van der Waals surface area contributed by atoms with Crippen LogP contribution in [0.15, 0.2) is 12.3 Å². The van der Waals surface area contributed by atoms with Crippen molar-refractivity contribution in [2.45, 2.75) is 25.9 Å². The van der Waals surface area contributed by atoms with E-state index in [1.54, 1.807) is 12.3 Å². The van der Waals surface area contributed by atoms with E-state index < -0.39 is 0 Å². The van der Waals surface area contributed by atoms with Gasteiger partial charge in [0.15, 0.2) is 0 Å². The molecule has 5 nitrogen and oxygen atoms in total. The normalized spacial score (nSPS) is 20.4. The molecule has 1 aliphatic rings. The van der Waals surface area contributed by atoms with Crippen molar-refractivity contribution in [3.05, 3.63) is 12.3 Å².